The minimum absolute atomic E-state index is 0.00106. The van der Waals surface area contributed by atoms with Gasteiger partial charge in [-0.2, -0.15) is 0 Å². The number of aromatic nitrogens is 1. The van der Waals surface area contributed by atoms with E-state index in [-0.39, 0.29) is 11.9 Å². The summed E-state index contributed by atoms with van der Waals surface area (Å²) in [7, 11) is 0. The van der Waals surface area contributed by atoms with Gasteiger partial charge in [-0.3, -0.25) is 4.79 Å². The minimum atomic E-state index is -0.493. The Morgan fingerprint density at radius 2 is 1.79 bits per heavy atom. The van der Waals surface area contributed by atoms with Crippen molar-refractivity contribution < 1.29 is 9.90 Å². The normalized spacial score (nSPS) is 11.7. The Bertz CT molecular complexity index is 927. The largest absolute Gasteiger partial charge is 0.493 e. The molecular weight excluding hydrogens is 326 g/mol. The second-order valence-electron chi connectivity index (χ2n) is 5.67. The molecule has 3 rings (SSSR count). The van der Waals surface area contributed by atoms with Gasteiger partial charge in [0.1, 0.15) is 0 Å². The molecule has 0 radical (unpaired) electrons. The maximum Gasteiger partial charge on any atom is 0.295 e. The molecule has 0 aliphatic carbocycles. The lowest BCUT2D eigenvalue weighted by molar-refractivity contribution is 0.0995. The molecule has 0 fully saturated rings. The van der Waals surface area contributed by atoms with E-state index in [1.807, 2.05) is 38.1 Å². The molecule has 24 heavy (non-hydrogen) atoms. The summed E-state index contributed by atoms with van der Waals surface area (Å²) in [6, 6.07) is 13.9. The SMILES string of the molecule is CC(C)n1c(O)c(N=NC(=O)c2ccc(Cl)cc2)c2ccccc21. The highest BCUT2D eigenvalue weighted by Crippen LogP contribution is 2.40. The standard InChI is InChI=1S/C18H16ClN3O2/c1-11(2)22-15-6-4-3-5-14(15)16(18(22)24)20-21-17(23)12-7-9-13(19)10-8-12/h3-11,24H,1-2H3. The number of hydrogen-bond acceptors (Lipinski definition) is 3. The van der Waals surface area contributed by atoms with Crippen molar-refractivity contribution in [1.29, 1.82) is 0 Å². The summed E-state index contributed by atoms with van der Waals surface area (Å²) in [4.78, 5) is 12.1. The van der Waals surface area contributed by atoms with Crippen molar-refractivity contribution in [3.05, 3.63) is 59.1 Å². The predicted molar refractivity (Wildman–Crippen MR) is 94.3 cm³/mol. The van der Waals surface area contributed by atoms with Crippen molar-refractivity contribution in [1.82, 2.24) is 4.57 Å². The maximum atomic E-state index is 12.1. The van der Waals surface area contributed by atoms with Crippen molar-refractivity contribution in [3.63, 3.8) is 0 Å². The van der Waals surface area contributed by atoms with Crippen LogP contribution in [0.3, 0.4) is 0 Å². The van der Waals surface area contributed by atoms with Crippen molar-refractivity contribution in [2.45, 2.75) is 19.9 Å². The second-order valence-corrected chi connectivity index (χ2v) is 6.10. The van der Waals surface area contributed by atoms with Gasteiger partial charge >= 0.3 is 0 Å². The first-order valence-electron chi connectivity index (χ1n) is 7.52. The molecular formula is C18H16ClN3O2. The molecule has 1 heterocycles. The lowest BCUT2D eigenvalue weighted by Gasteiger charge is -2.10. The van der Waals surface area contributed by atoms with Crippen LogP contribution in [0, 0.1) is 0 Å². The third-order valence-corrected chi connectivity index (χ3v) is 3.96. The lowest BCUT2D eigenvalue weighted by Crippen LogP contribution is -1.98. The number of halogens is 1. The van der Waals surface area contributed by atoms with Gasteiger partial charge in [0.15, 0.2) is 5.69 Å². The molecule has 1 amide bonds. The van der Waals surface area contributed by atoms with Gasteiger partial charge in [-0.15, -0.1) is 10.2 Å². The highest BCUT2D eigenvalue weighted by molar-refractivity contribution is 6.30. The van der Waals surface area contributed by atoms with Crippen LogP contribution in [0.15, 0.2) is 58.8 Å². The number of para-hydroxylation sites is 1. The minimum Gasteiger partial charge on any atom is -0.493 e. The van der Waals surface area contributed by atoms with Gasteiger partial charge < -0.3 is 9.67 Å². The molecule has 0 aliphatic rings. The maximum absolute atomic E-state index is 12.1. The van der Waals surface area contributed by atoms with E-state index in [1.165, 1.54) is 0 Å². The summed E-state index contributed by atoms with van der Waals surface area (Å²) in [6.45, 7) is 3.93. The Morgan fingerprint density at radius 1 is 1.12 bits per heavy atom. The number of amides is 1. The first-order valence-corrected chi connectivity index (χ1v) is 7.90. The molecule has 1 aromatic heterocycles. The van der Waals surface area contributed by atoms with Crippen LogP contribution < -0.4 is 0 Å². The van der Waals surface area contributed by atoms with E-state index < -0.39 is 5.91 Å². The molecule has 122 valence electrons. The van der Waals surface area contributed by atoms with Gasteiger partial charge in [0, 0.05) is 22.0 Å². The summed E-state index contributed by atoms with van der Waals surface area (Å²) < 4.78 is 1.76. The number of carbonyl (C=O) groups is 1. The number of azo groups is 1. The van der Waals surface area contributed by atoms with Crippen LogP contribution >= 0.6 is 11.6 Å². The quantitative estimate of drug-likeness (QED) is 0.638. The zero-order chi connectivity index (χ0) is 17.3. The Labute approximate surface area is 144 Å². The Morgan fingerprint density at radius 3 is 2.46 bits per heavy atom. The van der Waals surface area contributed by atoms with E-state index in [1.54, 1.807) is 28.8 Å². The number of hydrogen-bond donors (Lipinski definition) is 1. The number of fused-ring (bicyclic) bond motifs is 1. The molecule has 0 atom stereocenters. The van der Waals surface area contributed by atoms with Crippen LogP contribution in [0.5, 0.6) is 5.88 Å². The highest BCUT2D eigenvalue weighted by Gasteiger charge is 2.18. The van der Waals surface area contributed by atoms with Crippen molar-refractivity contribution in [2.75, 3.05) is 0 Å². The molecule has 0 saturated carbocycles. The third-order valence-electron chi connectivity index (χ3n) is 3.71. The van der Waals surface area contributed by atoms with E-state index >= 15 is 0 Å². The highest BCUT2D eigenvalue weighted by atomic mass is 35.5. The van der Waals surface area contributed by atoms with Gasteiger partial charge in [-0.05, 0) is 44.2 Å². The van der Waals surface area contributed by atoms with Crippen LogP contribution in [0.1, 0.15) is 30.2 Å². The zero-order valence-electron chi connectivity index (χ0n) is 13.3. The predicted octanol–water partition coefficient (Wildman–Crippen LogP) is 5.51. The average Bonchev–Trinajstić information content (AvgIpc) is 2.85. The van der Waals surface area contributed by atoms with Gasteiger partial charge in [-0.25, -0.2) is 0 Å². The summed E-state index contributed by atoms with van der Waals surface area (Å²) in [5.41, 5.74) is 1.52. The summed E-state index contributed by atoms with van der Waals surface area (Å²) in [5, 5.41) is 19.5. The van der Waals surface area contributed by atoms with Crippen LogP contribution in [-0.4, -0.2) is 15.6 Å². The molecule has 5 nitrogen and oxygen atoms in total. The van der Waals surface area contributed by atoms with Gasteiger partial charge in [-0.1, -0.05) is 29.8 Å². The number of benzene rings is 2. The molecule has 0 saturated heterocycles. The molecule has 1 N–H and O–H groups in total. The van der Waals surface area contributed by atoms with E-state index in [0.29, 0.717) is 16.3 Å². The number of carbonyl (C=O) groups excluding carboxylic acids is 1. The molecule has 6 heteroatoms. The van der Waals surface area contributed by atoms with E-state index in [2.05, 4.69) is 10.2 Å². The fraction of sp³-hybridized carbons (Fsp3) is 0.167. The zero-order valence-corrected chi connectivity index (χ0v) is 14.0. The molecule has 0 bridgehead atoms. The number of nitrogens with zero attached hydrogens (tertiary/aromatic N) is 3. The summed E-state index contributed by atoms with van der Waals surface area (Å²) >= 11 is 5.81. The van der Waals surface area contributed by atoms with Crippen LogP contribution in [0.2, 0.25) is 5.02 Å². The van der Waals surface area contributed by atoms with Gasteiger partial charge in [0.2, 0.25) is 5.88 Å². The van der Waals surface area contributed by atoms with Crippen molar-refractivity contribution >= 4 is 34.1 Å². The van der Waals surface area contributed by atoms with Gasteiger partial charge in [0.25, 0.3) is 5.91 Å². The van der Waals surface area contributed by atoms with Crippen molar-refractivity contribution in [2.24, 2.45) is 10.2 Å². The third kappa shape index (κ3) is 2.90. The Kier molecular flexibility index (Phi) is 4.36. The first kappa shape index (κ1) is 16.2. The average molecular weight is 342 g/mol. The second kappa shape index (κ2) is 6.45. The number of aromatic hydroxyl groups is 1. The van der Waals surface area contributed by atoms with Crippen molar-refractivity contribution in [3.8, 4) is 5.88 Å². The molecule has 3 aromatic rings. The van der Waals surface area contributed by atoms with Crippen LogP contribution in [0.25, 0.3) is 10.9 Å². The fourth-order valence-electron chi connectivity index (χ4n) is 2.60. The molecule has 2 aromatic carbocycles. The first-order chi connectivity index (χ1) is 11.5. The van der Waals surface area contributed by atoms with Crippen LogP contribution in [-0.2, 0) is 0 Å². The summed E-state index contributed by atoms with van der Waals surface area (Å²) in [5.74, 6) is -0.494. The fourth-order valence-corrected chi connectivity index (χ4v) is 2.73. The molecule has 0 aliphatic heterocycles. The lowest BCUT2D eigenvalue weighted by atomic mass is 10.2. The van der Waals surface area contributed by atoms with E-state index in [4.69, 9.17) is 11.6 Å². The monoisotopic (exact) mass is 341 g/mol. The molecule has 0 spiro atoms. The Hall–Kier alpha value is -2.66. The molecule has 0 unspecified atom stereocenters. The van der Waals surface area contributed by atoms with E-state index in [9.17, 15) is 9.90 Å². The smallest absolute Gasteiger partial charge is 0.295 e. The summed E-state index contributed by atoms with van der Waals surface area (Å²) in [6.07, 6.45) is 0. The van der Waals surface area contributed by atoms with E-state index in [0.717, 1.165) is 10.9 Å². The van der Waals surface area contributed by atoms with Crippen LogP contribution in [0.4, 0.5) is 5.69 Å². The topological polar surface area (TPSA) is 66.9 Å². The van der Waals surface area contributed by atoms with Gasteiger partial charge in [0.05, 0.1) is 5.52 Å². The number of rotatable bonds is 3. The Balaban J connectivity index is 2.02.